The SMILES string of the molecule is COc1ccc([C@@H]2[C@@H]3CCCC[C@@]3(O)CCN2CC(=O)N2CCCC2)cc1. The summed E-state index contributed by atoms with van der Waals surface area (Å²) in [5.74, 6) is 1.28. The van der Waals surface area contributed by atoms with Crippen LogP contribution in [0, 0.1) is 5.92 Å². The van der Waals surface area contributed by atoms with E-state index in [1.54, 1.807) is 7.11 Å². The van der Waals surface area contributed by atoms with Crippen LogP contribution >= 0.6 is 0 Å². The Balaban J connectivity index is 1.60. The van der Waals surface area contributed by atoms with Gasteiger partial charge in [-0.2, -0.15) is 0 Å². The minimum atomic E-state index is -0.587. The van der Waals surface area contributed by atoms with Gasteiger partial charge in [0.25, 0.3) is 0 Å². The van der Waals surface area contributed by atoms with Gasteiger partial charge in [-0.05, 0) is 49.8 Å². The van der Waals surface area contributed by atoms with Crippen LogP contribution in [0.15, 0.2) is 24.3 Å². The maximum Gasteiger partial charge on any atom is 0.236 e. The molecule has 1 aromatic carbocycles. The van der Waals surface area contributed by atoms with Crippen LogP contribution in [-0.4, -0.2) is 59.7 Å². The topological polar surface area (TPSA) is 53.0 Å². The highest BCUT2D eigenvalue weighted by Crippen LogP contribution is 2.49. The van der Waals surface area contributed by atoms with Crippen LogP contribution in [0.3, 0.4) is 0 Å². The van der Waals surface area contributed by atoms with E-state index in [2.05, 4.69) is 17.0 Å². The summed E-state index contributed by atoms with van der Waals surface area (Å²) in [5.41, 5.74) is 0.603. The molecule has 0 aromatic heterocycles. The number of fused-ring (bicyclic) bond motifs is 1. The number of carbonyl (C=O) groups excluding carboxylic acids is 1. The summed E-state index contributed by atoms with van der Waals surface area (Å²) in [4.78, 5) is 17.2. The first-order chi connectivity index (χ1) is 13.1. The smallest absolute Gasteiger partial charge is 0.236 e. The number of likely N-dealkylation sites (tertiary alicyclic amines) is 2. The number of ether oxygens (including phenoxy) is 1. The lowest BCUT2D eigenvalue weighted by atomic mass is 9.66. The average molecular weight is 373 g/mol. The molecule has 2 saturated heterocycles. The summed E-state index contributed by atoms with van der Waals surface area (Å²) in [5, 5.41) is 11.3. The molecule has 5 heteroatoms. The number of rotatable bonds is 4. The first kappa shape index (κ1) is 18.8. The first-order valence-corrected chi connectivity index (χ1v) is 10.5. The standard InChI is InChI=1S/C22H32N2O3/c1-27-18-9-7-17(8-10-18)21-19-6-2-3-11-22(19,26)12-15-24(21)16-20(25)23-13-4-5-14-23/h7-10,19,21,26H,2-6,11-16H2,1H3/t19-,21+,22+/m0/s1. The van der Waals surface area contributed by atoms with Crippen molar-refractivity contribution < 1.29 is 14.6 Å². The van der Waals surface area contributed by atoms with E-state index >= 15 is 0 Å². The highest BCUT2D eigenvalue weighted by atomic mass is 16.5. The van der Waals surface area contributed by atoms with E-state index in [9.17, 15) is 9.90 Å². The lowest BCUT2D eigenvalue weighted by Gasteiger charge is -2.52. The van der Waals surface area contributed by atoms with Crippen LogP contribution in [0.4, 0.5) is 0 Å². The fourth-order valence-corrected chi connectivity index (χ4v) is 5.40. The molecule has 5 nitrogen and oxygen atoms in total. The van der Waals surface area contributed by atoms with Crippen molar-refractivity contribution >= 4 is 5.91 Å². The van der Waals surface area contributed by atoms with Gasteiger partial charge in [0.1, 0.15) is 5.75 Å². The van der Waals surface area contributed by atoms with E-state index in [1.807, 2.05) is 17.0 Å². The highest BCUT2D eigenvalue weighted by Gasteiger charge is 2.49. The second-order valence-electron chi connectivity index (χ2n) is 8.48. The zero-order valence-corrected chi connectivity index (χ0v) is 16.4. The molecule has 0 spiro atoms. The monoisotopic (exact) mass is 372 g/mol. The summed E-state index contributed by atoms with van der Waals surface area (Å²) in [6.07, 6.45) is 7.20. The van der Waals surface area contributed by atoms with Crippen molar-refractivity contribution in [3.05, 3.63) is 29.8 Å². The summed E-state index contributed by atoms with van der Waals surface area (Å²) in [6, 6.07) is 8.30. The van der Waals surface area contributed by atoms with Crippen molar-refractivity contribution in [2.45, 2.75) is 56.6 Å². The maximum absolute atomic E-state index is 12.8. The van der Waals surface area contributed by atoms with Crippen LogP contribution < -0.4 is 4.74 Å². The number of hydrogen-bond acceptors (Lipinski definition) is 4. The van der Waals surface area contributed by atoms with Gasteiger partial charge in [0.15, 0.2) is 0 Å². The Morgan fingerprint density at radius 2 is 1.85 bits per heavy atom. The van der Waals surface area contributed by atoms with Crippen molar-refractivity contribution in [3.63, 3.8) is 0 Å². The predicted molar refractivity (Wildman–Crippen MR) is 105 cm³/mol. The molecule has 1 aliphatic carbocycles. The molecule has 0 bridgehead atoms. The van der Waals surface area contributed by atoms with Crippen LogP contribution in [0.5, 0.6) is 5.75 Å². The third-order valence-corrected chi connectivity index (χ3v) is 6.93. The molecule has 3 fully saturated rings. The molecule has 2 heterocycles. The Hall–Kier alpha value is -1.59. The van der Waals surface area contributed by atoms with Crippen LogP contribution in [-0.2, 0) is 4.79 Å². The van der Waals surface area contributed by atoms with Crippen molar-refractivity contribution in [1.82, 2.24) is 9.80 Å². The first-order valence-electron chi connectivity index (χ1n) is 10.5. The molecule has 1 N–H and O–H groups in total. The number of amides is 1. The predicted octanol–water partition coefficient (Wildman–Crippen LogP) is 2.99. The number of benzene rings is 1. The fourth-order valence-electron chi connectivity index (χ4n) is 5.40. The van der Waals surface area contributed by atoms with Gasteiger partial charge in [0.05, 0.1) is 19.3 Å². The van der Waals surface area contributed by atoms with Gasteiger partial charge in [-0.15, -0.1) is 0 Å². The molecule has 1 amide bonds. The maximum atomic E-state index is 12.8. The largest absolute Gasteiger partial charge is 0.497 e. The summed E-state index contributed by atoms with van der Waals surface area (Å²) in [6.45, 7) is 3.03. The van der Waals surface area contributed by atoms with Gasteiger partial charge in [-0.25, -0.2) is 0 Å². The third kappa shape index (κ3) is 3.72. The Labute approximate surface area is 162 Å². The van der Waals surface area contributed by atoms with Gasteiger partial charge in [-0.3, -0.25) is 9.69 Å². The van der Waals surface area contributed by atoms with Crippen molar-refractivity contribution in [3.8, 4) is 5.75 Å². The van der Waals surface area contributed by atoms with E-state index in [1.165, 1.54) is 5.56 Å². The van der Waals surface area contributed by atoms with E-state index in [-0.39, 0.29) is 17.9 Å². The fraction of sp³-hybridized carbons (Fsp3) is 0.682. The van der Waals surface area contributed by atoms with Gasteiger partial charge < -0.3 is 14.7 Å². The molecule has 3 atom stereocenters. The molecule has 0 unspecified atom stereocenters. The Morgan fingerprint density at radius 1 is 1.11 bits per heavy atom. The lowest BCUT2D eigenvalue weighted by molar-refractivity contribution is -0.144. The normalized spacial score (nSPS) is 31.6. The second-order valence-corrected chi connectivity index (χ2v) is 8.48. The molecule has 0 radical (unpaired) electrons. The molecule has 2 aliphatic heterocycles. The van der Waals surface area contributed by atoms with Crippen molar-refractivity contribution in [1.29, 1.82) is 0 Å². The molecular weight excluding hydrogens is 340 g/mol. The van der Waals surface area contributed by atoms with Crippen LogP contribution in [0.2, 0.25) is 0 Å². The number of nitrogens with zero attached hydrogens (tertiary/aromatic N) is 2. The second kappa shape index (κ2) is 7.80. The average Bonchev–Trinajstić information content (AvgIpc) is 3.23. The van der Waals surface area contributed by atoms with Crippen LogP contribution in [0.1, 0.15) is 56.6 Å². The van der Waals surface area contributed by atoms with E-state index in [0.29, 0.717) is 6.54 Å². The van der Waals surface area contributed by atoms with Gasteiger partial charge in [0.2, 0.25) is 5.91 Å². The zero-order valence-electron chi connectivity index (χ0n) is 16.4. The van der Waals surface area contributed by atoms with E-state index in [4.69, 9.17) is 4.74 Å². The molecule has 148 valence electrons. The van der Waals surface area contributed by atoms with Crippen molar-refractivity contribution in [2.24, 2.45) is 5.92 Å². The van der Waals surface area contributed by atoms with Gasteiger partial charge >= 0.3 is 0 Å². The number of carbonyl (C=O) groups is 1. The molecule has 1 aromatic rings. The van der Waals surface area contributed by atoms with E-state index < -0.39 is 5.60 Å². The number of methoxy groups -OCH3 is 1. The minimum absolute atomic E-state index is 0.0986. The Kier molecular flexibility index (Phi) is 5.42. The summed E-state index contributed by atoms with van der Waals surface area (Å²) >= 11 is 0. The summed E-state index contributed by atoms with van der Waals surface area (Å²) in [7, 11) is 1.68. The van der Waals surface area contributed by atoms with Gasteiger partial charge in [0, 0.05) is 31.6 Å². The van der Waals surface area contributed by atoms with E-state index in [0.717, 1.165) is 70.3 Å². The molecule has 27 heavy (non-hydrogen) atoms. The Morgan fingerprint density at radius 3 is 2.56 bits per heavy atom. The zero-order chi connectivity index (χ0) is 18.9. The minimum Gasteiger partial charge on any atom is -0.497 e. The van der Waals surface area contributed by atoms with Gasteiger partial charge in [-0.1, -0.05) is 25.0 Å². The molecule has 1 saturated carbocycles. The molecular formula is C22H32N2O3. The number of hydrogen-bond donors (Lipinski definition) is 1. The summed E-state index contributed by atoms with van der Waals surface area (Å²) < 4.78 is 5.32. The number of aliphatic hydroxyl groups is 1. The third-order valence-electron chi connectivity index (χ3n) is 6.93. The lowest BCUT2D eigenvalue weighted by Crippen LogP contribution is -2.56. The Bertz CT molecular complexity index is 656. The molecule has 4 rings (SSSR count). The van der Waals surface area contributed by atoms with Crippen molar-refractivity contribution in [2.75, 3.05) is 33.3 Å². The molecule has 3 aliphatic rings. The van der Waals surface area contributed by atoms with Crippen LogP contribution in [0.25, 0.3) is 0 Å². The number of piperidine rings is 1. The highest BCUT2D eigenvalue weighted by molar-refractivity contribution is 5.78. The quantitative estimate of drug-likeness (QED) is 0.883.